The third kappa shape index (κ3) is 8.93. The van der Waals surface area contributed by atoms with E-state index in [4.69, 9.17) is 0 Å². The van der Waals surface area contributed by atoms with Crippen molar-refractivity contribution in [1.29, 1.82) is 0 Å². The summed E-state index contributed by atoms with van der Waals surface area (Å²) in [5, 5.41) is 0. The summed E-state index contributed by atoms with van der Waals surface area (Å²) in [6, 6.07) is 0. The summed E-state index contributed by atoms with van der Waals surface area (Å²) in [6.07, 6.45) is 0. The van der Waals surface area contributed by atoms with Gasteiger partial charge in [0.15, 0.2) is 0 Å². The number of rotatable bonds is 0. The van der Waals surface area contributed by atoms with Crippen LogP contribution in [-0.4, -0.2) is 17.4 Å². The summed E-state index contributed by atoms with van der Waals surface area (Å²) in [6.45, 7) is 0. The molecule has 0 aromatic rings. The number of hydrogen-bond donors (Lipinski definition) is 0. The third-order valence-corrected chi connectivity index (χ3v) is 0. The summed E-state index contributed by atoms with van der Waals surface area (Å²) in [5.41, 5.74) is 0. The van der Waals surface area contributed by atoms with Gasteiger partial charge in [-0.15, -0.1) is 0 Å². The van der Waals surface area contributed by atoms with Crippen LogP contribution in [0.1, 0.15) is 0 Å². The molecule has 0 saturated heterocycles. The standard InChI is InChI=1S/Al.Cr.Fe.Mn. The molecule has 0 aliphatic carbocycles. The minimum absolute atomic E-state index is 0. The van der Waals surface area contributed by atoms with E-state index in [-0.39, 0.29) is 68.9 Å². The Labute approximate surface area is 68.3 Å². The molecule has 0 amide bonds. The smallest absolute Gasteiger partial charge is 0 e. The molecule has 0 saturated carbocycles. The topological polar surface area (TPSA) is 0 Å². The van der Waals surface area contributed by atoms with E-state index in [1.54, 1.807) is 0 Å². The number of hydrogen-bond acceptors (Lipinski definition) is 0. The second kappa shape index (κ2) is 19.4. The van der Waals surface area contributed by atoms with E-state index >= 15 is 0 Å². The molecule has 0 atom stereocenters. The maximum Gasteiger partial charge on any atom is 0 e. The largest absolute Gasteiger partial charge is 0 e. The molecule has 0 aromatic heterocycles. The van der Waals surface area contributed by atoms with E-state index in [0.29, 0.717) is 0 Å². The second-order valence-electron chi connectivity index (χ2n) is 0. The van der Waals surface area contributed by atoms with Crippen molar-refractivity contribution < 1.29 is 51.5 Å². The van der Waals surface area contributed by atoms with E-state index in [9.17, 15) is 0 Å². The molecule has 4 heavy (non-hydrogen) atoms. The first-order valence-electron chi connectivity index (χ1n) is 0. The normalized spacial score (nSPS) is 0. The predicted octanol–water partition coefficient (Wildman–Crippen LogP) is -0.388. The Morgan fingerprint density at radius 1 is 1.00 bits per heavy atom. The van der Waals surface area contributed by atoms with Gasteiger partial charge in [0.05, 0.1) is 0 Å². The maximum absolute atomic E-state index is 0. The summed E-state index contributed by atoms with van der Waals surface area (Å²) in [4.78, 5) is 0. The molecule has 0 bridgehead atoms. The fourth-order valence-corrected chi connectivity index (χ4v) is 0. The van der Waals surface area contributed by atoms with Crippen molar-refractivity contribution in [1.82, 2.24) is 0 Å². The average Bonchev–Trinajstić information content (AvgIpc) is 0. The monoisotopic (exact) mass is 190 g/mol. The van der Waals surface area contributed by atoms with Crippen molar-refractivity contribution in [3.8, 4) is 0 Å². The van der Waals surface area contributed by atoms with Gasteiger partial charge in [0.2, 0.25) is 0 Å². The molecule has 0 aromatic carbocycles. The zero-order chi connectivity index (χ0) is 0. The van der Waals surface area contributed by atoms with Crippen molar-refractivity contribution in [2.75, 3.05) is 0 Å². The van der Waals surface area contributed by atoms with Crippen molar-refractivity contribution in [3.05, 3.63) is 0 Å². The fraction of sp³-hybridized carbons (Fsp3) is 0. The van der Waals surface area contributed by atoms with Crippen LogP contribution in [0.15, 0.2) is 0 Å². The SMILES string of the molecule is [Al].[Cr].[Fe].[Mn]. The van der Waals surface area contributed by atoms with Crippen LogP contribution in [0.3, 0.4) is 0 Å². The molecule has 4 heteroatoms. The minimum atomic E-state index is 0. The summed E-state index contributed by atoms with van der Waals surface area (Å²) in [5.74, 6) is 0. The summed E-state index contributed by atoms with van der Waals surface area (Å²) >= 11 is 0. The van der Waals surface area contributed by atoms with E-state index < -0.39 is 0 Å². The van der Waals surface area contributed by atoms with Gasteiger partial charge in [0.1, 0.15) is 0 Å². The molecule has 0 aliphatic heterocycles. The first kappa shape index (κ1) is 35.9. The second-order valence-corrected chi connectivity index (χ2v) is 0. The molecular formula is AlCrFeMn. The van der Waals surface area contributed by atoms with Crippen LogP contribution in [0.2, 0.25) is 0 Å². The molecule has 0 heterocycles. The van der Waals surface area contributed by atoms with Crippen LogP contribution < -0.4 is 0 Å². The van der Waals surface area contributed by atoms with Gasteiger partial charge < -0.3 is 0 Å². The Hall–Kier alpha value is 2.10. The molecular weight excluding hydrogens is 190 g/mol. The zero-order valence-electron chi connectivity index (χ0n) is 1.72. The molecule has 0 N–H and O–H groups in total. The first-order chi connectivity index (χ1) is 0. The average molecular weight is 190 g/mol. The molecule has 0 unspecified atom stereocenters. The Bertz CT molecular complexity index is 8.00. The van der Waals surface area contributed by atoms with Crippen molar-refractivity contribution in [2.24, 2.45) is 0 Å². The molecule has 4 radical (unpaired) electrons. The molecule has 0 aliphatic rings. The van der Waals surface area contributed by atoms with E-state index in [2.05, 4.69) is 0 Å². The van der Waals surface area contributed by atoms with Crippen LogP contribution in [0.4, 0.5) is 0 Å². The summed E-state index contributed by atoms with van der Waals surface area (Å²) in [7, 11) is 0. The molecule has 0 spiro atoms. The van der Waals surface area contributed by atoms with E-state index in [1.165, 1.54) is 0 Å². The van der Waals surface area contributed by atoms with E-state index in [1.807, 2.05) is 0 Å². The van der Waals surface area contributed by atoms with Crippen LogP contribution >= 0.6 is 0 Å². The van der Waals surface area contributed by atoms with Gasteiger partial charge in [-0.1, -0.05) is 0 Å². The summed E-state index contributed by atoms with van der Waals surface area (Å²) < 4.78 is 0. The Balaban J connectivity index is 0. The van der Waals surface area contributed by atoms with Gasteiger partial charge >= 0.3 is 0 Å². The fourth-order valence-electron chi connectivity index (χ4n) is 0. The third-order valence-electron chi connectivity index (χ3n) is 0. The minimum Gasteiger partial charge on any atom is 0 e. The van der Waals surface area contributed by atoms with Crippen molar-refractivity contribution >= 4 is 17.4 Å². The van der Waals surface area contributed by atoms with E-state index in [0.717, 1.165) is 0 Å². The van der Waals surface area contributed by atoms with Crippen molar-refractivity contribution in [2.45, 2.75) is 0 Å². The quantitative estimate of drug-likeness (QED) is 0.456. The first-order valence-corrected chi connectivity index (χ1v) is 0. The maximum atomic E-state index is 0. The van der Waals surface area contributed by atoms with Gasteiger partial charge in [-0.3, -0.25) is 0 Å². The van der Waals surface area contributed by atoms with Crippen molar-refractivity contribution in [3.63, 3.8) is 0 Å². The Morgan fingerprint density at radius 2 is 1.00 bits per heavy atom. The zero-order valence-corrected chi connectivity index (χ0v) is 6.43. The van der Waals surface area contributed by atoms with Crippen LogP contribution in [-0.2, 0) is 51.5 Å². The van der Waals surface area contributed by atoms with Crippen LogP contribution in [0.5, 0.6) is 0 Å². The molecule has 0 fully saturated rings. The predicted molar refractivity (Wildman–Crippen MR) is 5.75 cm³/mol. The Morgan fingerprint density at radius 3 is 1.00 bits per heavy atom. The molecule has 0 rings (SSSR count). The van der Waals surface area contributed by atoms with Crippen LogP contribution in [0, 0.1) is 0 Å². The molecule has 24 valence electrons. The van der Waals surface area contributed by atoms with Gasteiger partial charge in [0.25, 0.3) is 0 Å². The van der Waals surface area contributed by atoms with Gasteiger partial charge in [-0.25, -0.2) is 0 Å². The van der Waals surface area contributed by atoms with Gasteiger partial charge in [-0.2, -0.15) is 0 Å². The van der Waals surface area contributed by atoms with Gasteiger partial charge in [-0.05, 0) is 0 Å². The van der Waals surface area contributed by atoms with Gasteiger partial charge in [0, 0.05) is 68.9 Å². The Kier molecular flexibility index (Phi) is 174. The van der Waals surface area contributed by atoms with Crippen LogP contribution in [0.25, 0.3) is 0 Å². The molecule has 0 nitrogen and oxygen atoms in total.